The van der Waals surface area contributed by atoms with Gasteiger partial charge in [0.2, 0.25) is 0 Å². The Balaban J connectivity index is 2.12. The summed E-state index contributed by atoms with van der Waals surface area (Å²) in [5.41, 5.74) is 2.19. The second kappa shape index (κ2) is 6.39. The monoisotopic (exact) mass is 357 g/mol. The minimum absolute atomic E-state index is 0.297. The number of benzene rings is 2. The molecule has 0 unspecified atom stereocenters. The Bertz CT molecular complexity index is 1030. The molecule has 120 valence electrons. The second-order valence-corrected chi connectivity index (χ2v) is 7.48. The van der Waals surface area contributed by atoms with Crippen molar-refractivity contribution in [2.45, 2.75) is 0 Å². The van der Waals surface area contributed by atoms with Crippen molar-refractivity contribution in [3.8, 4) is 6.07 Å². The summed E-state index contributed by atoms with van der Waals surface area (Å²) in [6.07, 6.45) is 0.922. The molecule has 3 aromatic rings. The highest BCUT2D eigenvalue weighted by atomic mass is 32.2. The van der Waals surface area contributed by atoms with Gasteiger partial charge in [-0.1, -0.05) is 29.4 Å². The number of hydrogen-bond donors (Lipinski definition) is 0. The highest BCUT2D eigenvalue weighted by molar-refractivity contribution is 7.85. The summed E-state index contributed by atoms with van der Waals surface area (Å²) in [5.74, 6) is 0. The normalized spacial score (nSPS) is 12.1. The van der Waals surface area contributed by atoms with Crippen molar-refractivity contribution in [1.82, 2.24) is 4.98 Å². The van der Waals surface area contributed by atoms with E-state index in [1.165, 1.54) is 11.3 Å². The third-order valence-corrected chi connectivity index (χ3v) is 4.44. The average molecular weight is 357 g/mol. The van der Waals surface area contributed by atoms with Crippen LogP contribution in [-0.4, -0.2) is 25.4 Å². The summed E-state index contributed by atoms with van der Waals surface area (Å²) < 4.78 is 28.1. The first-order valence-electron chi connectivity index (χ1n) is 6.79. The van der Waals surface area contributed by atoms with Crippen molar-refractivity contribution in [1.29, 1.82) is 5.26 Å². The molecule has 0 aliphatic rings. The fraction of sp³-hybridized carbons (Fsp3) is 0.0625. The number of fused-ring (bicyclic) bond motifs is 1. The van der Waals surface area contributed by atoms with Gasteiger partial charge in [0.25, 0.3) is 0 Å². The quantitative estimate of drug-likeness (QED) is 0.529. The summed E-state index contributed by atoms with van der Waals surface area (Å²) in [4.78, 5) is 4.48. The molecule has 0 saturated carbocycles. The van der Waals surface area contributed by atoms with Crippen molar-refractivity contribution in [2.24, 2.45) is 5.16 Å². The Morgan fingerprint density at radius 3 is 2.54 bits per heavy atom. The fourth-order valence-electron chi connectivity index (χ4n) is 2.00. The zero-order valence-electron chi connectivity index (χ0n) is 12.5. The van der Waals surface area contributed by atoms with Gasteiger partial charge < -0.3 is 0 Å². The molecule has 8 heteroatoms. The number of hydrogen-bond acceptors (Lipinski definition) is 7. The minimum Gasteiger partial charge on any atom is -0.268 e. The van der Waals surface area contributed by atoms with Crippen LogP contribution < -0.4 is 0 Å². The summed E-state index contributed by atoms with van der Waals surface area (Å²) in [6.45, 7) is 0. The average Bonchev–Trinajstić information content (AvgIpc) is 2.98. The Morgan fingerprint density at radius 1 is 1.21 bits per heavy atom. The van der Waals surface area contributed by atoms with E-state index >= 15 is 0 Å². The minimum atomic E-state index is -3.74. The maximum atomic E-state index is 11.3. The van der Waals surface area contributed by atoms with Gasteiger partial charge in [-0.15, -0.1) is 11.3 Å². The first kappa shape index (κ1) is 16.1. The van der Waals surface area contributed by atoms with Gasteiger partial charge in [0.05, 0.1) is 28.1 Å². The second-order valence-electron chi connectivity index (χ2n) is 4.89. The Morgan fingerprint density at radius 2 is 1.92 bits per heavy atom. The molecule has 0 aliphatic carbocycles. The largest absolute Gasteiger partial charge is 0.325 e. The van der Waals surface area contributed by atoms with Crippen LogP contribution >= 0.6 is 11.3 Å². The molecular weight excluding hydrogens is 346 g/mol. The van der Waals surface area contributed by atoms with Crippen LogP contribution in [0.25, 0.3) is 10.2 Å². The van der Waals surface area contributed by atoms with Crippen LogP contribution in [0.15, 0.2) is 53.7 Å². The molecule has 0 atom stereocenters. The highest BCUT2D eigenvalue weighted by Crippen LogP contribution is 2.24. The summed E-state index contributed by atoms with van der Waals surface area (Å²) in [6, 6.07) is 16.2. The molecule has 2 aromatic carbocycles. The van der Waals surface area contributed by atoms with Gasteiger partial charge in [-0.05, 0) is 24.3 Å². The Hall–Kier alpha value is -2.76. The molecule has 0 N–H and O–H groups in total. The van der Waals surface area contributed by atoms with E-state index in [9.17, 15) is 8.42 Å². The molecule has 1 heterocycles. The third kappa shape index (κ3) is 3.59. The van der Waals surface area contributed by atoms with Gasteiger partial charge in [0, 0.05) is 5.56 Å². The molecule has 0 aliphatic heterocycles. The summed E-state index contributed by atoms with van der Waals surface area (Å²) in [7, 11) is -3.74. The lowest BCUT2D eigenvalue weighted by molar-refractivity contribution is 0.343. The Kier molecular flexibility index (Phi) is 4.29. The maximum Gasteiger partial charge on any atom is 0.325 e. The summed E-state index contributed by atoms with van der Waals surface area (Å²) in [5, 5.41) is 13.2. The smallest absolute Gasteiger partial charge is 0.268 e. The van der Waals surface area contributed by atoms with E-state index < -0.39 is 10.1 Å². The molecule has 0 saturated heterocycles. The van der Waals surface area contributed by atoms with Crippen molar-refractivity contribution in [3.05, 3.63) is 64.7 Å². The lowest BCUT2D eigenvalue weighted by Crippen LogP contribution is -2.06. The van der Waals surface area contributed by atoms with E-state index in [4.69, 9.17) is 5.26 Å². The molecule has 0 bridgehead atoms. The third-order valence-electron chi connectivity index (χ3n) is 3.05. The maximum absolute atomic E-state index is 11.3. The number of para-hydroxylation sites is 1. The van der Waals surface area contributed by atoms with Crippen LogP contribution in [-0.2, 0) is 14.4 Å². The molecule has 0 spiro atoms. The van der Waals surface area contributed by atoms with Gasteiger partial charge in [0.15, 0.2) is 0 Å². The number of aromatic nitrogens is 1. The van der Waals surface area contributed by atoms with Crippen molar-refractivity contribution in [2.75, 3.05) is 6.26 Å². The highest BCUT2D eigenvalue weighted by Gasteiger charge is 2.15. The van der Waals surface area contributed by atoms with E-state index in [2.05, 4.69) is 14.4 Å². The predicted molar refractivity (Wildman–Crippen MR) is 92.3 cm³/mol. The van der Waals surface area contributed by atoms with Crippen LogP contribution in [0, 0.1) is 11.3 Å². The molecule has 0 radical (unpaired) electrons. The van der Waals surface area contributed by atoms with Gasteiger partial charge in [-0.2, -0.15) is 13.7 Å². The fourth-order valence-corrected chi connectivity index (χ4v) is 3.18. The van der Waals surface area contributed by atoms with Crippen LogP contribution in [0.4, 0.5) is 0 Å². The number of rotatable bonds is 4. The lowest BCUT2D eigenvalue weighted by atomic mass is 10.1. The van der Waals surface area contributed by atoms with E-state index in [1.807, 2.05) is 30.3 Å². The molecule has 6 nitrogen and oxygen atoms in total. The van der Waals surface area contributed by atoms with E-state index in [0.29, 0.717) is 21.8 Å². The number of nitrogens with zero attached hydrogens (tertiary/aromatic N) is 3. The number of oxime groups is 1. The topological polar surface area (TPSA) is 92.4 Å². The van der Waals surface area contributed by atoms with Gasteiger partial charge >= 0.3 is 10.1 Å². The van der Waals surface area contributed by atoms with Crippen LogP contribution in [0.1, 0.15) is 16.1 Å². The first-order chi connectivity index (χ1) is 11.5. The van der Waals surface area contributed by atoms with Gasteiger partial charge in [-0.25, -0.2) is 4.98 Å². The zero-order chi connectivity index (χ0) is 17.2. The standard InChI is InChI=1S/C16H11N3O3S2/c1-24(20,21)22-19-15(12-8-6-11(10-17)7-9-12)16-18-13-4-2-3-5-14(13)23-16/h2-9H,1H3. The predicted octanol–water partition coefficient (Wildman–Crippen LogP) is 2.90. The molecule has 3 rings (SSSR count). The van der Waals surface area contributed by atoms with Crippen molar-refractivity contribution < 1.29 is 12.7 Å². The SMILES string of the molecule is CS(=O)(=O)ON=C(c1ccc(C#N)cc1)c1nc2ccccc2s1. The van der Waals surface area contributed by atoms with E-state index in [0.717, 1.165) is 16.5 Å². The van der Waals surface area contributed by atoms with Crippen molar-refractivity contribution >= 4 is 37.4 Å². The molecule has 0 fully saturated rings. The number of thiazole rings is 1. The first-order valence-corrected chi connectivity index (χ1v) is 9.43. The Labute approximate surface area is 142 Å². The van der Waals surface area contributed by atoms with Crippen LogP contribution in [0.2, 0.25) is 0 Å². The molecular formula is C16H11N3O3S2. The number of nitriles is 1. The summed E-state index contributed by atoms with van der Waals surface area (Å²) >= 11 is 1.38. The van der Waals surface area contributed by atoms with Gasteiger partial charge in [-0.3, -0.25) is 4.28 Å². The molecule has 24 heavy (non-hydrogen) atoms. The lowest BCUT2D eigenvalue weighted by Gasteiger charge is -2.03. The van der Waals surface area contributed by atoms with Crippen molar-refractivity contribution in [3.63, 3.8) is 0 Å². The molecule has 0 amide bonds. The van der Waals surface area contributed by atoms with E-state index in [1.54, 1.807) is 24.3 Å². The van der Waals surface area contributed by atoms with Gasteiger partial charge in [0.1, 0.15) is 10.7 Å². The van der Waals surface area contributed by atoms with E-state index in [-0.39, 0.29) is 0 Å². The molecule has 1 aromatic heterocycles. The van der Waals surface area contributed by atoms with Crippen LogP contribution in [0.5, 0.6) is 0 Å². The van der Waals surface area contributed by atoms with Crippen LogP contribution in [0.3, 0.4) is 0 Å². The zero-order valence-corrected chi connectivity index (χ0v) is 14.1.